The molecule has 1 nitrogen and oxygen atoms in total. The topological polar surface area (TPSA) is 20.2 Å². The van der Waals surface area contributed by atoms with Gasteiger partial charge in [-0.3, -0.25) is 0 Å². The fraction of sp³-hybridized carbons (Fsp3) is 0.250. The van der Waals surface area contributed by atoms with Gasteiger partial charge in [-0.15, -0.1) is 0 Å². The molecule has 0 amide bonds. The first kappa shape index (κ1) is 10.0. The van der Waals surface area contributed by atoms with Gasteiger partial charge in [-0.2, -0.15) is 0 Å². The van der Waals surface area contributed by atoms with Gasteiger partial charge in [0, 0.05) is 4.90 Å². The molecule has 1 aromatic rings. The van der Waals surface area contributed by atoms with Gasteiger partial charge >= 0.3 is 0 Å². The van der Waals surface area contributed by atoms with Crippen molar-refractivity contribution in [1.82, 2.24) is 0 Å². The molecule has 0 aliphatic heterocycles. The van der Waals surface area contributed by atoms with Crippen LogP contribution in [0.1, 0.15) is 12.5 Å². The van der Waals surface area contributed by atoms with Crippen molar-refractivity contribution in [1.29, 1.82) is 0 Å². The summed E-state index contributed by atoms with van der Waals surface area (Å²) in [6.07, 6.45) is 0.771. The third kappa shape index (κ3) is 2.00. The van der Waals surface area contributed by atoms with Gasteiger partial charge in [0.05, 0.1) is 5.02 Å². The van der Waals surface area contributed by atoms with Crippen molar-refractivity contribution in [3.8, 4) is 5.75 Å². The first-order valence-electron chi connectivity index (χ1n) is 3.49. The van der Waals surface area contributed by atoms with Crippen LogP contribution in [0.15, 0.2) is 17.0 Å². The highest BCUT2D eigenvalue weighted by atomic mass is 35.7. The zero-order valence-electron chi connectivity index (χ0n) is 6.47. The molecule has 0 fully saturated rings. The number of aromatic hydroxyl groups is 1. The Hall–Kier alpha value is -0.0500. The molecule has 0 saturated heterocycles. The minimum atomic E-state index is 0.233. The lowest BCUT2D eigenvalue weighted by molar-refractivity contribution is 0.468. The molecule has 0 unspecified atom stereocenters. The summed E-state index contributed by atoms with van der Waals surface area (Å²) in [5.74, 6) is 0.233. The standard InChI is InChI=1S/C8H8Cl2OS/c1-2-5-3-8(12-10)6(9)4-7(5)11/h3-4,11H,2H2,1H3. The van der Waals surface area contributed by atoms with Gasteiger partial charge in [-0.05, 0) is 45.8 Å². The van der Waals surface area contributed by atoms with Gasteiger partial charge in [0.2, 0.25) is 0 Å². The average molecular weight is 223 g/mol. The van der Waals surface area contributed by atoms with E-state index in [9.17, 15) is 5.11 Å². The van der Waals surface area contributed by atoms with Crippen molar-refractivity contribution in [3.63, 3.8) is 0 Å². The molecule has 1 rings (SSSR count). The zero-order chi connectivity index (χ0) is 9.14. The number of aryl methyl sites for hydroxylation is 1. The van der Waals surface area contributed by atoms with Gasteiger partial charge in [-0.1, -0.05) is 18.5 Å². The summed E-state index contributed by atoms with van der Waals surface area (Å²) in [5, 5.41) is 9.86. The van der Waals surface area contributed by atoms with Crippen LogP contribution in [0.5, 0.6) is 5.75 Å². The maximum absolute atomic E-state index is 9.37. The van der Waals surface area contributed by atoms with Crippen molar-refractivity contribution < 1.29 is 5.11 Å². The Kier molecular flexibility index (Phi) is 3.56. The van der Waals surface area contributed by atoms with Gasteiger partial charge in [-0.25, -0.2) is 0 Å². The summed E-state index contributed by atoms with van der Waals surface area (Å²) in [7, 11) is 6.63. The van der Waals surface area contributed by atoms with E-state index >= 15 is 0 Å². The monoisotopic (exact) mass is 222 g/mol. The van der Waals surface area contributed by atoms with Crippen molar-refractivity contribution in [2.24, 2.45) is 0 Å². The molecular weight excluding hydrogens is 215 g/mol. The zero-order valence-corrected chi connectivity index (χ0v) is 8.80. The Balaban J connectivity index is 3.18. The van der Waals surface area contributed by atoms with E-state index < -0.39 is 0 Å². The molecule has 0 saturated carbocycles. The third-order valence-electron chi connectivity index (χ3n) is 1.60. The Labute approximate surface area is 85.2 Å². The second kappa shape index (κ2) is 4.26. The van der Waals surface area contributed by atoms with E-state index in [0.29, 0.717) is 5.02 Å². The van der Waals surface area contributed by atoms with Crippen LogP contribution in [0.3, 0.4) is 0 Å². The number of benzene rings is 1. The Morgan fingerprint density at radius 1 is 1.50 bits per heavy atom. The quantitative estimate of drug-likeness (QED) is 0.821. The summed E-state index contributed by atoms with van der Waals surface area (Å²) < 4.78 is 0. The largest absolute Gasteiger partial charge is 0.508 e. The highest BCUT2D eigenvalue weighted by molar-refractivity contribution is 8.21. The summed E-state index contributed by atoms with van der Waals surface area (Å²) in [6.45, 7) is 1.96. The predicted molar refractivity (Wildman–Crippen MR) is 54.2 cm³/mol. The van der Waals surface area contributed by atoms with Crippen LogP contribution in [-0.2, 0) is 6.42 Å². The molecule has 1 N–H and O–H groups in total. The number of rotatable bonds is 2. The van der Waals surface area contributed by atoms with E-state index in [1.165, 1.54) is 6.07 Å². The highest BCUT2D eigenvalue weighted by Gasteiger charge is 2.05. The lowest BCUT2D eigenvalue weighted by Gasteiger charge is -2.04. The molecule has 1 aromatic carbocycles. The highest BCUT2D eigenvalue weighted by Crippen LogP contribution is 2.34. The van der Waals surface area contributed by atoms with E-state index in [0.717, 1.165) is 27.9 Å². The SMILES string of the molecule is CCc1cc(SCl)c(Cl)cc1O. The van der Waals surface area contributed by atoms with E-state index in [2.05, 4.69) is 0 Å². The van der Waals surface area contributed by atoms with Crippen molar-refractivity contribution in [2.75, 3.05) is 0 Å². The molecule has 0 spiro atoms. The smallest absolute Gasteiger partial charge is 0.120 e. The number of halogens is 2. The molecule has 0 radical (unpaired) electrons. The number of hydrogen-bond donors (Lipinski definition) is 1. The summed E-state index contributed by atoms with van der Waals surface area (Å²) in [4.78, 5) is 0.785. The maximum atomic E-state index is 9.37. The van der Waals surface area contributed by atoms with E-state index in [4.69, 9.17) is 22.3 Å². The lowest BCUT2D eigenvalue weighted by Crippen LogP contribution is -1.82. The summed E-state index contributed by atoms with van der Waals surface area (Å²) >= 11 is 5.79. The molecule has 0 heterocycles. The lowest BCUT2D eigenvalue weighted by atomic mass is 10.1. The fourth-order valence-corrected chi connectivity index (χ4v) is 2.02. The molecule has 0 bridgehead atoms. The predicted octanol–water partition coefficient (Wildman–Crippen LogP) is 3.85. The minimum absolute atomic E-state index is 0.233. The molecule has 66 valence electrons. The molecule has 0 aliphatic rings. The van der Waals surface area contributed by atoms with Crippen molar-refractivity contribution >= 4 is 33.3 Å². The molecular formula is C8H8Cl2OS. The Morgan fingerprint density at radius 2 is 2.17 bits per heavy atom. The van der Waals surface area contributed by atoms with Crippen LogP contribution in [0, 0.1) is 0 Å². The maximum Gasteiger partial charge on any atom is 0.120 e. The molecule has 12 heavy (non-hydrogen) atoms. The number of hydrogen-bond acceptors (Lipinski definition) is 2. The van der Waals surface area contributed by atoms with E-state index in [1.807, 2.05) is 6.92 Å². The van der Waals surface area contributed by atoms with Crippen LogP contribution >= 0.6 is 33.3 Å². The van der Waals surface area contributed by atoms with Crippen molar-refractivity contribution in [3.05, 3.63) is 22.7 Å². The normalized spacial score (nSPS) is 10.2. The molecule has 0 atom stereocenters. The van der Waals surface area contributed by atoms with Crippen LogP contribution in [0.4, 0.5) is 0 Å². The molecule has 4 heteroatoms. The number of phenolic OH excluding ortho intramolecular Hbond substituents is 1. The Morgan fingerprint density at radius 3 is 2.67 bits per heavy atom. The molecule has 0 aliphatic carbocycles. The van der Waals surface area contributed by atoms with Crippen LogP contribution in [0.2, 0.25) is 5.02 Å². The van der Waals surface area contributed by atoms with E-state index in [-0.39, 0.29) is 5.75 Å². The first-order valence-corrected chi connectivity index (χ1v) is 5.51. The summed E-state index contributed by atoms with van der Waals surface area (Å²) in [6, 6.07) is 3.32. The second-order valence-corrected chi connectivity index (χ2v) is 3.81. The Bertz CT molecular complexity index is 263. The fourth-order valence-electron chi connectivity index (χ4n) is 0.927. The summed E-state index contributed by atoms with van der Waals surface area (Å²) in [5.41, 5.74) is 0.863. The van der Waals surface area contributed by atoms with Crippen LogP contribution < -0.4 is 0 Å². The number of phenols is 1. The van der Waals surface area contributed by atoms with Gasteiger partial charge in [0.15, 0.2) is 0 Å². The van der Waals surface area contributed by atoms with Gasteiger partial charge in [0.1, 0.15) is 5.75 Å². The third-order valence-corrected chi connectivity index (χ3v) is 3.02. The van der Waals surface area contributed by atoms with Gasteiger partial charge < -0.3 is 5.11 Å². The second-order valence-electron chi connectivity index (χ2n) is 2.34. The van der Waals surface area contributed by atoms with Gasteiger partial charge in [0.25, 0.3) is 0 Å². The van der Waals surface area contributed by atoms with Crippen LogP contribution in [-0.4, -0.2) is 5.11 Å². The minimum Gasteiger partial charge on any atom is -0.508 e. The first-order chi connectivity index (χ1) is 5.69. The van der Waals surface area contributed by atoms with Crippen molar-refractivity contribution in [2.45, 2.75) is 18.2 Å². The average Bonchev–Trinajstić information content (AvgIpc) is 2.05. The molecule has 0 aromatic heterocycles. The van der Waals surface area contributed by atoms with E-state index in [1.54, 1.807) is 6.07 Å². The van der Waals surface area contributed by atoms with Crippen LogP contribution in [0.25, 0.3) is 0 Å².